The van der Waals surface area contributed by atoms with E-state index in [1.807, 2.05) is 32.0 Å². The van der Waals surface area contributed by atoms with Crippen molar-refractivity contribution in [3.05, 3.63) is 23.8 Å². The molecule has 10 heteroatoms. The number of hydrogen-bond acceptors (Lipinski definition) is 8. The lowest BCUT2D eigenvalue weighted by atomic mass is 10.1. The second kappa shape index (κ2) is 9.63. The molecular weight excluding hydrogens is 390 g/mol. The third-order valence-electron chi connectivity index (χ3n) is 4.15. The van der Waals surface area contributed by atoms with Crippen molar-refractivity contribution in [3.63, 3.8) is 0 Å². The van der Waals surface area contributed by atoms with Gasteiger partial charge >= 0.3 is 12.1 Å². The average molecular weight is 415 g/mol. The van der Waals surface area contributed by atoms with Gasteiger partial charge in [0.25, 0.3) is 0 Å². The van der Waals surface area contributed by atoms with E-state index in [1.54, 1.807) is 0 Å². The van der Waals surface area contributed by atoms with Gasteiger partial charge in [-0.1, -0.05) is 6.07 Å². The highest BCUT2D eigenvalue weighted by atomic mass is 32.2. The molecule has 28 heavy (non-hydrogen) atoms. The number of nitrogens with zero attached hydrogens (tertiary/aromatic N) is 1. The Morgan fingerprint density at radius 3 is 2.61 bits per heavy atom. The fourth-order valence-electron chi connectivity index (χ4n) is 2.71. The van der Waals surface area contributed by atoms with E-state index < -0.39 is 28.7 Å². The molecule has 0 saturated heterocycles. The lowest BCUT2D eigenvalue weighted by Gasteiger charge is -2.27. The molecule has 0 aromatic heterocycles. The molecule has 1 aliphatic rings. The molecule has 9 nitrogen and oxygen atoms in total. The van der Waals surface area contributed by atoms with Crippen molar-refractivity contribution in [1.82, 2.24) is 4.90 Å². The van der Waals surface area contributed by atoms with E-state index in [1.165, 1.54) is 4.90 Å². The fraction of sp³-hybridized carbons (Fsp3) is 0.556. The Hall–Kier alpha value is -2.49. The van der Waals surface area contributed by atoms with Crippen LogP contribution in [-0.2, 0) is 30.5 Å². The molecule has 0 bridgehead atoms. The van der Waals surface area contributed by atoms with E-state index in [-0.39, 0.29) is 25.0 Å². The first kappa shape index (κ1) is 21.8. The van der Waals surface area contributed by atoms with Crippen LogP contribution in [0.25, 0.3) is 0 Å². The Kier molecular flexibility index (Phi) is 7.50. The van der Waals surface area contributed by atoms with Crippen molar-refractivity contribution in [2.24, 2.45) is 0 Å². The van der Waals surface area contributed by atoms with E-state index in [2.05, 4.69) is 0 Å². The van der Waals surface area contributed by atoms with Crippen molar-refractivity contribution in [2.45, 2.75) is 32.7 Å². The van der Waals surface area contributed by atoms with Crippen LogP contribution in [0.2, 0.25) is 0 Å². The summed E-state index contributed by atoms with van der Waals surface area (Å²) < 4.78 is 42.4. The van der Waals surface area contributed by atoms with Gasteiger partial charge in [-0.25, -0.2) is 13.2 Å². The number of hydrogen-bond donors (Lipinski definition) is 0. The molecule has 1 heterocycles. The van der Waals surface area contributed by atoms with Crippen LogP contribution in [0.3, 0.4) is 0 Å². The molecule has 2 rings (SSSR count). The minimum absolute atomic E-state index is 0.168. The summed E-state index contributed by atoms with van der Waals surface area (Å²) in [4.78, 5) is 25.2. The highest BCUT2D eigenvalue weighted by Gasteiger charge is 2.22. The molecule has 0 radical (unpaired) electrons. The Balaban J connectivity index is 1.80. The molecule has 0 spiro atoms. The largest absolute Gasteiger partial charge is 0.454 e. The van der Waals surface area contributed by atoms with E-state index in [4.69, 9.17) is 18.9 Å². The first-order chi connectivity index (χ1) is 13.2. The molecule has 1 unspecified atom stereocenters. The van der Waals surface area contributed by atoms with Gasteiger partial charge in [0, 0.05) is 18.8 Å². The molecule has 1 aromatic carbocycles. The van der Waals surface area contributed by atoms with Gasteiger partial charge in [0.1, 0.15) is 9.84 Å². The van der Waals surface area contributed by atoms with E-state index in [9.17, 15) is 18.0 Å². The van der Waals surface area contributed by atoms with E-state index >= 15 is 0 Å². The Morgan fingerprint density at radius 2 is 1.93 bits per heavy atom. The third kappa shape index (κ3) is 6.59. The molecular formula is C18H25NO8S. The zero-order valence-electron chi connectivity index (χ0n) is 16.2. The lowest BCUT2D eigenvalue weighted by Crippen LogP contribution is -2.40. The second-order valence-corrected chi connectivity index (χ2v) is 8.71. The molecule has 1 aromatic rings. The number of benzene rings is 1. The number of ether oxygens (including phenoxy) is 4. The van der Waals surface area contributed by atoms with Crippen LogP contribution in [0.15, 0.2) is 18.2 Å². The summed E-state index contributed by atoms with van der Waals surface area (Å²) in [5.74, 6) is 0.319. The van der Waals surface area contributed by atoms with Crippen LogP contribution < -0.4 is 9.47 Å². The quantitative estimate of drug-likeness (QED) is 0.443. The highest BCUT2D eigenvalue weighted by Crippen LogP contribution is 2.33. The number of likely N-dealkylation sites (N-methyl/N-ethyl adjacent to an activating group) is 1. The summed E-state index contributed by atoms with van der Waals surface area (Å²) in [5.41, 5.74) is 0.982. The van der Waals surface area contributed by atoms with Crippen LogP contribution in [-0.4, -0.2) is 63.6 Å². The lowest BCUT2D eigenvalue weighted by molar-refractivity contribution is -0.152. The van der Waals surface area contributed by atoms with Gasteiger partial charge in [-0.05, 0) is 38.0 Å². The number of carbonyl (C=O) groups is 2. The van der Waals surface area contributed by atoms with E-state index in [0.29, 0.717) is 24.5 Å². The van der Waals surface area contributed by atoms with Gasteiger partial charge in [-0.3, -0.25) is 4.79 Å². The van der Waals surface area contributed by atoms with Crippen LogP contribution in [0.1, 0.15) is 25.8 Å². The summed E-state index contributed by atoms with van der Waals surface area (Å²) in [7, 11) is -3.26. The summed E-state index contributed by atoms with van der Waals surface area (Å²) in [6, 6.07) is 5.45. The predicted octanol–water partition coefficient (Wildman–Crippen LogP) is 1.74. The topological polar surface area (TPSA) is 108 Å². The number of esters is 1. The molecule has 1 atom stereocenters. The van der Waals surface area contributed by atoms with Gasteiger partial charge in [-0.2, -0.15) is 0 Å². The van der Waals surface area contributed by atoms with Crippen molar-refractivity contribution >= 4 is 21.9 Å². The zero-order chi connectivity index (χ0) is 20.7. The normalized spacial score (nSPS) is 13.7. The maximum atomic E-state index is 12.3. The van der Waals surface area contributed by atoms with Gasteiger partial charge in [0.05, 0.1) is 12.2 Å². The Labute approximate surface area is 164 Å². The monoisotopic (exact) mass is 415 g/mol. The average Bonchev–Trinajstić information content (AvgIpc) is 3.07. The summed E-state index contributed by atoms with van der Waals surface area (Å²) in [6.07, 6.45) is 0.704. The zero-order valence-corrected chi connectivity index (χ0v) is 17.0. The van der Waals surface area contributed by atoms with Gasteiger partial charge in [0.15, 0.2) is 11.5 Å². The van der Waals surface area contributed by atoms with Crippen LogP contribution in [0.4, 0.5) is 4.79 Å². The number of amides is 1. The van der Waals surface area contributed by atoms with Gasteiger partial charge < -0.3 is 23.8 Å². The maximum absolute atomic E-state index is 12.3. The standard InChI is InChI=1S/C18H25NO8S/c1-4-19(18(21)27-12-26-17(20)7-8-28(3,22)23)13(2)9-14-5-6-15-16(10-14)25-11-24-15/h5-6,10,13H,4,7-9,11-12H2,1-3H3. The van der Waals surface area contributed by atoms with E-state index in [0.717, 1.165) is 11.8 Å². The maximum Gasteiger partial charge on any atom is 0.412 e. The number of fused-ring (bicyclic) bond motifs is 1. The van der Waals surface area contributed by atoms with Gasteiger partial charge in [0.2, 0.25) is 13.6 Å². The molecule has 0 saturated carbocycles. The Bertz CT molecular complexity index is 808. The fourth-order valence-corrected chi connectivity index (χ4v) is 3.25. The van der Waals surface area contributed by atoms with Crippen LogP contribution in [0.5, 0.6) is 11.5 Å². The summed E-state index contributed by atoms with van der Waals surface area (Å²) in [6.45, 7) is 3.74. The van der Waals surface area contributed by atoms with Crippen molar-refractivity contribution in [1.29, 1.82) is 0 Å². The molecule has 0 fully saturated rings. The number of rotatable bonds is 9. The first-order valence-electron chi connectivity index (χ1n) is 8.85. The highest BCUT2D eigenvalue weighted by molar-refractivity contribution is 7.90. The van der Waals surface area contributed by atoms with Crippen molar-refractivity contribution in [3.8, 4) is 11.5 Å². The smallest absolute Gasteiger partial charge is 0.412 e. The SMILES string of the molecule is CCN(C(=O)OCOC(=O)CCS(C)(=O)=O)C(C)Cc1ccc2c(c1)OCO2. The van der Waals surface area contributed by atoms with Gasteiger partial charge in [-0.15, -0.1) is 0 Å². The number of sulfone groups is 1. The molecule has 1 amide bonds. The Morgan fingerprint density at radius 1 is 1.21 bits per heavy atom. The molecule has 0 aliphatic carbocycles. The minimum atomic E-state index is -3.26. The molecule has 1 aliphatic heterocycles. The number of carbonyl (C=O) groups excluding carboxylic acids is 2. The van der Waals surface area contributed by atoms with Crippen molar-refractivity contribution < 1.29 is 37.0 Å². The van der Waals surface area contributed by atoms with Crippen molar-refractivity contribution in [2.75, 3.05) is 32.1 Å². The molecule has 156 valence electrons. The van der Waals surface area contributed by atoms with Crippen LogP contribution in [0, 0.1) is 0 Å². The summed E-state index contributed by atoms with van der Waals surface area (Å²) >= 11 is 0. The third-order valence-corrected chi connectivity index (χ3v) is 5.10. The second-order valence-electron chi connectivity index (χ2n) is 6.45. The molecule has 0 N–H and O–H groups in total. The predicted molar refractivity (Wildman–Crippen MR) is 99.9 cm³/mol. The summed E-state index contributed by atoms with van der Waals surface area (Å²) in [5, 5.41) is 0. The van der Waals surface area contributed by atoms with Crippen LogP contribution >= 0.6 is 0 Å². The first-order valence-corrected chi connectivity index (χ1v) is 10.9. The minimum Gasteiger partial charge on any atom is -0.454 e.